The lowest BCUT2D eigenvalue weighted by molar-refractivity contribution is -0.140. The molecule has 0 spiro atoms. The van der Waals surface area contributed by atoms with Gasteiger partial charge in [0.2, 0.25) is 0 Å². The van der Waals surface area contributed by atoms with E-state index < -0.39 is 5.97 Å². The summed E-state index contributed by atoms with van der Waals surface area (Å²) in [6.45, 7) is 2.61. The maximum absolute atomic E-state index is 9.87. The van der Waals surface area contributed by atoms with Crippen molar-refractivity contribution in [3.05, 3.63) is 0 Å². The van der Waals surface area contributed by atoms with Crippen LogP contribution in [0.25, 0.3) is 0 Å². The normalized spacial score (nSPS) is 7.58. The zero-order valence-electron chi connectivity index (χ0n) is 7.29. The van der Waals surface area contributed by atoms with Crippen molar-refractivity contribution >= 4 is 17.7 Å². The van der Waals surface area contributed by atoms with E-state index >= 15 is 0 Å². The largest absolute Gasteiger partial charge is 0.481 e. The third-order valence-electron chi connectivity index (χ3n) is 0.688. The van der Waals surface area contributed by atoms with Crippen molar-refractivity contribution in [3.63, 3.8) is 0 Å². The lowest BCUT2D eigenvalue weighted by Gasteiger charge is -1.80. The van der Waals surface area contributed by atoms with Gasteiger partial charge in [-0.25, -0.2) is 0 Å². The summed E-state index contributed by atoms with van der Waals surface area (Å²) in [6, 6.07) is 0. The number of hydrogen-bond donors (Lipinski definition) is 1. The van der Waals surface area contributed by atoms with Crippen LogP contribution in [0.15, 0.2) is 0 Å². The Kier molecular flexibility index (Phi) is 8.50. The van der Waals surface area contributed by atoms with E-state index in [-0.39, 0.29) is 18.2 Å². The Morgan fingerprint density at radius 2 is 1.58 bits per heavy atom. The number of carboxylic acid groups (broad SMARTS) is 1. The van der Waals surface area contributed by atoms with E-state index in [4.69, 9.17) is 5.11 Å². The van der Waals surface area contributed by atoms with Crippen LogP contribution in [0.4, 0.5) is 0 Å². The number of Topliss-reactive ketones (excluding diaryl/α,β-unsaturated/α-hetero) is 1. The lowest BCUT2D eigenvalue weighted by Crippen LogP contribution is -2.00. The predicted octanol–water partition coefficient (Wildman–Crippen LogP) is 0.229. The van der Waals surface area contributed by atoms with Gasteiger partial charge in [-0.15, -0.1) is 0 Å². The zero-order valence-corrected chi connectivity index (χ0v) is 7.29. The molecule has 0 bridgehead atoms. The highest BCUT2D eigenvalue weighted by molar-refractivity contribution is 5.93. The van der Waals surface area contributed by atoms with Crippen molar-refractivity contribution in [1.29, 1.82) is 0 Å². The second-order valence-electron chi connectivity index (χ2n) is 1.97. The summed E-state index contributed by atoms with van der Waals surface area (Å²) in [5.41, 5.74) is 0. The predicted molar refractivity (Wildman–Crippen MR) is 40.6 cm³/mol. The van der Waals surface area contributed by atoms with Gasteiger partial charge in [0.05, 0.1) is 7.11 Å². The first-order valence-electron chi connectivity index (χ1n) is 3.16. The van der Waals surface area contributed by atoms with Crippen molar-refractivity contribution in [2.75, 3.05) is 7.11 Å². The van der Waals surface area contributed by atoms with E-state index in [1.54, 1.807) is 0 Å². The molecule has 70 valence electrons. The third kappa shape index (κ3) is 23.5. The molecule has 0 heterocycles. The molecule has 0 aromatic rings. The summed E-state index contributed by atoms with van der Waals surface area (Å²) in [4.78, 5) is 29.1. The van der Waals surface area contributed by atoms with E-state index in [2.05, 4.69) is 4.74 Å². The van der Waals surface area contributed by atoms with Crippen molar-refractivity contribution in [2.45, 2.75) is 20.3 Å². The average Bonchev–Trinajstić information content (AvgIpc) is 1.85. The Balaban J connectivity index is 0. The Labute approximate surface area is 70.3 Å². The molecule has 1 N–H and O–H groups in total. The van der Waals surface area contributed by atoms with Crippen LogP contribution in [0.5, 0.6) is 0 Å². The molecular formula is C7H12O5. The summed E-state index contributed by atoms with van der Waals surface area (Å²) in [6.07, 6.45) is -0.361. The fraction of sp³-hybridized carbons (Fsp3) is 0.571. The minimum atomic E-state index is -1.06. The van der Waals surface area contributed by atoms with E-state index in [0.29, 0.717) is 0 Å². The molecule has 12 heavy (non-hydrogen) atoms. The quantitative estimate of drug-likeness (QED) is 0.481. The molecule has 0 saturated heterocycles. The van der Waals surface area contributed by atoms with Crippen LogP contribution in [0.2, 0.25) is 0 Å². The minimum Gasteiger partial charge on any atom is -0.481 e. The van der Waals surface area contributed by atoms with Gasteiger partial charge in [0.1, 0.15) is 12.2 Å². The number of carbonyl (C=O) groups is 3. The Morgan fingerprint density at radius 3 is 1.58 bits per heavy atom. The minimum absolute atomic E-state index is 0.245. The summed E-state index contributed by atoms with van der Waals surface area (Å²) in [5, 5.41) is 7.86. The number of hydrogen-bond acceptors (Lipinski definition) is 4. The maximum Gasteiger partial charge on any atom is 0.310 e. The summed E-state index contributed by atoms with van der Waals surface area (Å²) in [7, 11) is 1.35. The van der Waals surface area contributed by atoms with E-state index in [9.17, 15) is 14.4 Å². The monoisotopic (exact) mass is 176 g/mol. The first kappa shape index (κ1) is 13.2. The van der Waals surface area contributed by atoms with Crippen LogP contribution in [-0.2, 0) is 19.1 Å². The molecule has 0 amide bonds. The number of rotatable bonds is 2. The van der Waals surface area contributed by atoms with Crippen LogP contribution in [0.3, 0.4) is 0 Å². The first-order valence-corrected chi connectivity index (χ1v) is 3.16. The fourth-order valence-electron chi connectivity index (χ4n) is 0.213. The summed E-state index contributed by atoms with van der Waals surface area (Å²) < 4.78 is 4.11. The number of ether oxygens (including phenoxy) is 1. The van der Waals surface area contributed by atoms with Crippen LogP contribution in [-0.4, -0.2) is 29.9 Å². The number of esters is 1. The summed E-state index contributed by atoms with van der Waals surface area (Å²) >= 11 is 0. The lowest BCUT2D eigenvalue weighted by atomic mass is 10.3. The molecule has 0 aliphatic carbocycles. The van der Waals surface area contributed by atoms with Crippen molar-refractivity contribution in [3.8, 4) is 0 Å². The van der Waals surface area contributed by atoms with Gasteiger partial charge in [-0.2, -0.15) is 0 Å². The Bertz CT molecular complexity index is 161. The number of ketones is 1. The van der Waals surface area contributed by atoms with Gasteiger partial charge >= 0.3 is 11.9 Å². The molecule has 5 nitrogen and oxygen atoms in total. The van der Waals surface area contributed by atoms with Gasteiger partial charge in [-0.05, 0) is 6.92 Å². The Hall–Kier alpha value is -1.39. The van der Waals surface area contributed by atoms with E-state index in [0.717, 1.165) is 0 Å². The van der Waals surface area contributed by atoms with Crippen LogP contribution in [0, 0.1) is 0 Å². The molecule has 0 aliphatic heterocycles. The van der Waals surface area contributed by atoms with Gasteiger partial charge in [-0.1, -0.05) is 0 Å². The zero-order chi connectivity index (χ0) is 10.1. The van der Waals surface area contributed by atoms with Crippen LogP contribution < -0.4 is 0 Å². The maximum atomic E-state index is 9.87. The van der Waals surface area contributed by atoms with Crippen LogP contribution >= 0.6 is 0 Å². The van der Waals surface area contributed by atoms with Crippen molar-refractivity contribution in [2.24, 2.45) is 0 Å². The van der Waals surface area contributed by atoms with Gasteiger partial charge in [-0.3, -0.25) is 14.4 Å². The molecule has 0 atom stereocenters. The molecular weight excluding hydrogens is 164 g/mol. The topological polar surface area (TPSA) is 80.7 Å². The molecule has 0 aliphatic rings. The Morgan fingerprint density at radius 1 is 1.25 bits per heavy atom. The van der Waals surface area contributed by atoms with Gasteiger partial charge in [0.15, 0.2) is 0 Å². The molecule has 0 fully saturated rings. The van der Waals surface area contributed by atoms with Crippen molar-refractivity contribution in [1.82, 2.24) is 0 Å². The molecule has 0 unspecified atom stereocenters. The molecule has 0 saturated carbocycles. The van der Waals surface area contributed by atoms with Gasteiger partial charge < -0.3 is 9.84 Å². The van der Waals surface area contributed by atoms with Crippen molar-refractivity contribution < 1.29 is 24.2 Å². The number of aliphatic carboxylic acids is 1. The highest BCUT2D eigenvalue weighted by Crippen LogP contribution is 1.77. The van der Waals surface area contributed by atoms with Gasteiger partial charge in [0, 0.05) is 6.92 Å². The second kappa shape index (κ2) is 7.71. The van der Waals surface area contributed by atoms with Gasteiger partial charge in [0.25, 0.3) is 0 Å². The molecule has 0 aromatic carbocycles. The summed E-state index contributed by atoms with van der Waals surface area (Å²) in [5.74, 6) is -1.62. The molecule has 0 rings (SSSR count). The smallest absolute Gasteiger partial charge is 0.310 e. The fourth-order valence-corrected chi connectivity index (χ4v) is 0.213. The number of carbonyl (C=O) groups excluding carboxylic acids is 2. The molecule has 5 heteroatoms. The molecule has 0 radical (unpaired) electrons. The van der Waals surface area contributed by atoms with Crippen LogP contribution in [0.1, 0.15) is 20.3 Å². The highest BCUT2D eigenvalue weighted by atomic mass is 16.5. The highest BCUT2D eigenvalue weighted by Gasteiger charge is 1.98. The van der Waals surface area contributed by atoms with E-state index in [1.807, 2.05) is 0 Å². The average molecular weight is 176 g/mol. The third-order valence-corrected chi connectivity index (χ3v) is 0.688. The number of methoxy groups -OCH3 is 1. The first-order chi connectivity index (χ1) is 5.40. The molecule has 0 aromatic heterocycles. The SMILES string of the molecule is CC(=O)CC(=O)O.COC(C)=O. The van der Waals surface area contributed by atoms with E-state index in [1.165, 1.54) is 21.0 Å². The second-order valence-corrected chi connectivity index (χ2v) is 1.97. The number of carboxylic acids is 1. The standard InChI is InChI=1S/C4H6O3.C3H6O2/c1-3(5)2-4(6)7;1-3(4)5-2/h2H2,1H3,(H,6,7);1-2H3.